The van der Waals surface area contributed by atoms with Crippen LogP contribution in [0.25, 0.3) is 0 Å². The molecule has 25 heavy (non-hydrogen) atoms. The fourth-order valence-electron chi connectivity index (χ4n) is 4.08. The Morgan fingerprint density at radius 1 is 1.00 bits per heavy atom. The van der Waals surface area contributed by atoms with Crippen molar-refractivity contribution in [2.45, 2.75) is 44.6 Å². The van der Waals surface area contributed by atoms with Gasteiger partial charge in [0, 0.05) is 45.8 Å². The van der Waals surface area contributed by atoms with Crippen LogP contribution in [0, 0.1) is 0 Å². The minimum atomic E-state index is 0.310. The van der Waals surface area contributed by atoms with Gasteiger partial charge in [0.25, 0.3) is 0 Å². The Morgan fingerprint density at radius 2 is 1.64 bits per heavy atom. The van der Waals surface area contributed by atoms with Gasteiger partial charge in [-0.1, -0.05) is 49.6 Å². The number of benzene rings is 1. The molecule has 0 aromatic heterocycles. The number of piperazine rings is 1. The van der Waals surface area contributed by atoms with Gasteiger partial charge in [-0.25, -0.2) is 0 Å². The number of likely N-dealkylation sites (N-methyl/N-ethyl adjacent to an activating group) is 1. The second-order valence-corrected chi connectivity index (χ2v) is 7.65. The van der Waals surface area contributed by atoms with Crippen molar-refractivity contribution in [1.29, 1.82) is 0 Å². The van der Waals surface area contributed by atoms with E-state index in [1.165, 1.54) is 37.7 Å². The SMILES string of the molecule is CN(C(=O)CN1CCN(CCc2ccccc2)CC1)C1CCCCC1. The number of carbonyl (C=O) groups is 1. The van der Waals surface area contributed by atoms with Crippen LogP contribution in [0.1, 0.15) is 37.7 Å². The summed E-state index contributed by atoms with van der Waals surface area (Å²) in [5, 5.41) is 0. The average molecular weight is 344 g/mol. The monoisotopic (exact) mass is 343 g/mol. The lowest BCUT2D eigenvalue weighted by molar-refractivity contribution is -0.134. The molecule has 3 rings (SSSR count). The number of rotatable bonds is 6. The summed E-state index contributed by atoms with van der Waals surface area (Å²) in [6.07, 6.45) is 7.39. The molecule has 0 N–H and O–H groups in total. The van der Waals surface area contributed by atoms with E-state index in [1.54, 1.807) is 0 Å². The van der Waals surface area contributed by atoms with Crippen molar-refractivity contribution in [1.82, 2.24) is 14.7 Å². The molecular formula is C21H33N3O. The standard InChI is InChI=1S/C21H33N3O/c1-22(20-10-6-3-7-11-20)21(25)18-24-16-14-23(15-17-24)13-12-19-8-4-2-5-9-19/h2,4-5,8-9,20H,3,6-7,10-18H2,1H3. The van der Waals surface area contributed by atoms with E-state index < -0.39 is 0 Å². The Kier molecular flexibility index (Phi) is 6.88. The number of carbonyl (C=O) groups excluding carboxylic acids is 1. The molecule has 1 aliphatic carbocycles. The Morgan fingerprint density at radius 3 is 2.32 bits per heavy atom. The lowest BCUT2D eigenvalue weighted by atomic mass is 9.94. The van der Waals surface area contributed by atoms with Crippen LogP contribution in [0.2, 0.25) is 0 Å². The van der Waals surface area contributed by atoms with Gasteiger partial charge >= 0.3 is 0 Å². The van der Waals surface area contributed by atoms with E-state index in [1.807, 2.05) is 11.9 Å². The van der Waals surface area contributed by atoms with Crippen LogP contribution in [-0.4, -0.2) is 73.0 Å². The number of hydrogen-bond acceptors (Lipinski definition) is 3. The molecule has 0 spiro atoms. The van der Waals surface area contributed by atoms with Crippen molar-refractivity contribution in [2.24, 2.45) is 0 Å². The van der Waals surface area contributed by atoms with Gasteiger partial charge < -0.3 is 9.80 Å². The molecule has 1 saturated carbocycles. The van der Waals surface area contributed by atoms with E-state index in [-0.39, 0.29) is 0 Å². The first-order chi connectivity index (χ1) is 12.2. The van der Waals surface area contributed by atoms with E-state index >= 15 is 0 Å². The molecule has 0 atom stereocenters. The molecule has 1 heterocycles. The Hall–Kier alpha value is -1.39. The van der Waals surface area contributed by atoms with Crippen LogP contribution in [0.15, 0.2) is 30.3 Å². The molecule has 0 unspecified atom stereocenters. The highest BCUT2D eigenvalue weighted by molar-refractivity contribution is 5.78. The predicted molar refractivity (Wildman–Crippen MR) is 103 cm³/mol. The van der Waals surface area contributed by atoms with Crippen molar-refractivity contribution in [3.8, 4) is 0 Å². The van der Waals surface area contributed by atoms with Crippen LogP contribution in [0.4, 0.5) is 0 Å². The number of nitrogens with zero attached hydrogens (tertiary/aromatic N) is 3. The third kappa shape index (κ3) is 5.55. The molecule has 138 valence electrons. The highest BCUT2D eigenvalue weighted by Crippen LogP contribution is 2.21. The van der Waals surface area contributed by atoms with Crippen molar-refractivity contribution in [2.75, 3.05) is 46.3 Å². The summed E-state index contributed by atoms with van der Waals surface area (Å²) in [4.78, 5) is 19.5. The normalized spacial score (nSPS) is 20.5. The van der Waals surface area contributed by atoms with Crippen molar-refractivity contribution in [3.05, 3.63) is 35.9 Å². The molecule has 1 aliphatic heterocycles. The first-order valence-electron chi connectivity index (χ1n) is 9.96. The first-order valence-corrected chi connectivity index (χ1v) is 9.96. The Balaban J connectivity index is 1.36. The quantitative estimate of drug-likeness (QED) is 0.794. The Bertz CT molecular complexity index is 519. The zero-order valence-corrected chi connectivity index (χ0v) is 15.7. The number of amides is 1. The van der Waals surface area contributed by atoms with E-state index in [0.717, 1.165) is 39.1 Å². The van der Waals surface area contributed by atoms with Gasteiger partial charge in [0.05, 0.1) is 6.54 Å². The molecular weight excluding hydrogens is 310 g/mol. The zero-order chi connectivity index (χ0) is 17.5. The highest BCUT2D eigenvalue weighted by Gasteiger charge is 2.25. The summed E-state index contributed by atoms with van der Waals surface area (Å²) in [6, 6.07) is 11.2. The average Bonchev–Trinajstić information content (AvgIpc) is 2.68. The summed E-state index contributed by atoms with van der Waals surface area (Å²) in [5.74, 6) is 0.310. The van der Waals surface area contributed by atoms with Crippen LogP contribution in [0.3, 0.4) is 0 Å². The molecule has 2 aliphatic rings. The van der Waals surface area contributed by atoms with Gasteiger partial charge in [0.15, 0.2) is 0 Å². The van der Waals surface area contributed by atoms with Gasteiger partial charge in [0.2, 0.25) is 5.91 Å². The third-order valence-electron chi connectivity index (χ3n) is 5.90. The van der Waals surface area contributed by atoms with E-state index in [4.69, 9.17) is 0 Å². The number of hydrogen-bond donors (Lipinski definition) is 0. The van der Waals surface area contributed by atoms with Crippen LogP contribution >= 0.6 is 0 Å². The lowest BCUT2D eigenvalue weighted by Gasteiger charge is -2.37. The molecule has 4 nitrogen and oxygen atoms in total. The van der Waals surface area contributed by atoms with Gasteiger partial charge in [-0.2, -0.15) is 0 Å². The van der Waals surface area contributed by atoms with Crippen LogP contribution < -0.4 is 0 Å². The topological polar surface area (TPSA) is 26.8 Å². The van der Waals surface area contributed by atoms with Gasteiger partial charge in [-0.3, -0.25) is 9.69 Å². The maximum absolute atomic E-state index is 12.6. The molecule has 1 saturated heterocycles. The maximum atomic E-state index is 12.6. The Labute approximate surface area is 152 Å². The predicted octanol–water partition coefficient (Wildman–Crippen LogP) is 2.64. The third-order valence-corrected chi connectivity index (χ3v) is 5.90. The molecule has 1 aromatic carbocycles. The van der Waals surface area contributed by atoms with Crippen LogP contribution in [-0.2, 0) is 11.2 Å². The molecule has 0 radical (unpaired) electrons. The minimum absolute atomic E-state index is 0.310. The fourth-order valence-corrected chi connectivity index (χ4v) is 4.08. The summed E-state index contributed by atoms with van der Waals surface area (Å²) < 4.78 is 0. The van der Waals surface area contributed by atoms with E-state index in [2.05, 4.69) is 40.1 Å². The minimum Gasteiger partial charge on any atom is -0.342 e. The van der Waals surface area contributed by atoms with Gasteiger partial charge in [-0.15, -0.1) is 0 Å². The second-order valence-electron chi connectivity index (χ2n) is 7.65. The van der Waals surface area contributed by atoms with Crippen molar-refractivity contribution in [3.63, 3.8) is 0 Å². The lowest BCUT2D eigenvalue weighted by Crippen LogP contribution is -2.51. The molecule has 0 bridgehead atoms. The molecule has 1 aromatic rings. The summed E-state index contributed by atoms with van der Waals surface area (Å²) in [5.41, 5.74) is 1.41. The van der Waals surface area contributed by atoms with Gasteiger partial charge in [0.1, 0.15) is 0 Å². The van der Waals surface area contributed by atoms with E-state index in [0.29, 0.717) is 18.5 Å². The van der Waals surface area contributed by atoms with E-state index in [9.17, 15) is 4.79 Å². The highest BCUT2D eigenvalue weighted by atomic mass is 16.2. The smallest absolute Gasteiger partial charge is 0.236 e. The second kappa shape index (κ2) is 9.35. The van der Waals surface area contributed by atoms with Crippen molar-refractivity contribution < 1.29 is 4.79 Å². The molecule has 1 amide bonds. The molecule has 2 fully saturated rings. The first kappa shape index (κ1) is 18.4. The zero-order valence-electron chi connectivity index (χ0n) is 15.7. The van der Waals surface area contributed by atoms with Crippen LogP contribution in [0.5, 0.6) is 0 Å². The van der Waals surface area contributed by atoms with Crippen molar-refractivity contribution >= 4 is 5.91 Å². The fraction of sp³-hybridized carbons (Fsp3) is 0.667. The summed E-state index contributed by atoms with van der Waals surface area (Å²) >= 11 is 0. The summed E-state index contributed by atoms with van der Waals surface area (Å²) in [6.45, 7) is 5.89. The largest absolute Gasteiger partial charge is 0.342 e. The van der Waals surface area contributed by atoms with Gasteiger partial charge in [-0.05, 0) is 24.8 Å². The maximum Gasteiger partial charge on any atom is 0.236 e. The summed E-state index contributed by atoms with van der Waals surface area (Å²) in [7, 11) is 2.01. The molecule has 4 heteroatoms.